The normalized spacial score (nSPS) is 38.5. The molecular formula is C13H23NO2. The van der Waals surface area contributed by atoms with Gasteiger partial charge in [-0.3, -0.25) is 4.79 Å². The molecular weight excluding hydrogens is 202 g/mol. The van der Waals surface area contributed by atoms with Crippen molar-refractivity contribution in [2.75, 3.05) is 6.54 Å². The third kappa shape index (κ3) is 2.76. The summed E-state index contributed by atoms with van der Waals surface area (Å²) in [6.07, 6.45) is 3.67. The highest BCUT2D eigenvalue weighted by molar-refractivity contribution is 5.79. The van der Waals surface area contributed by atoms with E-state index >= 15 is 0 Å². The summed E-state index contributed by atoms with van der Waals surface area (Å²) in [5.74, 6) is 1.82. The predicted octanol–water partition coefficient (Wildman–Crippen LogP) is 1.96. The molecule has 1 aliphatic heterocycles. The first-order valence-electron chi connectivity index (χ1n) is 6.51. The van der Waals surface area contributed by atoms with Crippen LogP contribution in [-0.2, 0) is 9.53 Å². The van der Waals surface area contributed by atoms with Gasteiger partial charge in [-0.2, -0.15) is 0 Å². The molecule has 0 aromatic carbocycles. The Bertz CT molecular complexity index is 261. The summed E-state index contributed by atoms with van der Waals surface area (Å²) in [6.45, 7) is 7.52. The number of carbonyl (C=O) groups excluding carboxylic acids is 1. The van der Waals surface area contributed by atoms with Crippen molar-refractivity contribution in [2.24, 2.45) is 17.8 Å². The number of hydrogen-bond acceptors (Lipinski definition) is 3. The minimum atomic E-state index is -0.0373. The van der Waals surface area contributed by atoms with Crippen LogP contribution in [0.1, 0.15) is 40.0 Å². The molecule has 3 heteroatoms. The molecule has 1 N–H and O–H groups in total. The van der Waals surface area contributed by atoms with Crippen LogP contribution in [0.25, 0.3) is 0 Å². The molecule has 0 aromatic rings. The van der Waals surface area contributed by atoms with Crippen LogP contribution in [-0.4, -0.2) is 24.7 Å². The van der Waals surface area contributed by atoms with Gasteiger partial charge in [-0.1, -0.05) is 27.2 Å². The van der Waals surface area contributed by atoms with E-state index in [9.17, 15) is 4.79 Å². The highest BCUT2D eigenvalue weighted by Crippen LogP contribution is 2.35. The third-order valence-corrected chi connectivity index (χ3v) is 3.92. The van der Waals surface area contributed by atoms with Gasteiger partial charge in [0.05, 0.1) is 0 Å². The molecule has 1 aliphatic carbocycles. The average Bonchev–Trinajstić information content (AvgIpc) is 2.99. The van der Waals surface area contributed by atoms with Gasteiger partial charge >= 0.3 is 5.97 Å². The van der Waals surface area contributed by atoms with E-state index in [1.807, 2.05) is 0 Å². The van der Waals surface area contributed by atoms with Gasteiger partial charge in [-0.05, 0) is 30.6 Å². The molecule has 4 unspecified atom stereocenters. The minimum absolute atomic E-state index is 0.00922. The minimum Gasteiger partial charge on any atom is -0.461 e. The summed E-state index contributed by atoms with van der Waals surface area (Å²) in [7, 11) is 0. The molecule has 1 saturated carbocycles. The molecule has 4 atom stereocenters. The maximum atomic E-state index is 11.7. The van der Waals surface area contributed by atoms with Gasteiger partial charge in [0, 0.05) is 6.54 Å². The topological polar surface area (TPSA) is 48.2 Å². The number of carbonyl (C=O) groups is 1. The lowest BCUT2D eigenvalue weighted by Crippen LogP contribution is -2.37. The molecule has 0 aromatic heterocycles. The molecule has 0 amide bonds. The Morgan fingerprint density at radius 1 is 1.38 bits per heavy atom. The lowest BCUT2D eigenvalue weighted by atomic mass is 9.75. The van der Waals surface area contributed by atoms with E-state index in [1.54, 1.807) is 0 Å². The summed E-state index contributed by atoms with van der Waals surface area (Å²) in [6, 6.07) is -0.00922. The molecule has 1 heterocycles. The van der Waals surface area contributed by atoms with Crippen LogP contribution in [0.2, 0.25) is 0 Å². The first kappa shape index (κ1) is 11.9. The average molecular weight is 225 g/mol. The number of rotatable bonds is 3. The van der Waals surface area contributed by atoms with Crippen LogP contribution in [0, 0.1) is 17.8 Å². The SMILES string of the molecule is CC1CCC(C(C)C)C(OC(=O)C2CN2)C1. The number of esters is 1. The Labute approximate surface area is 97.9 Å². The Kier molecular flexibility index (Phi) is 3.53. The van der Waals surface area contributed by atoms with E-state index in [2.05, 4.69) is 26.1 Å². The van der Waals surface area contributed by atoms with E-state index in [-0.39, 0.29) is 18.1 Å². The zero-order valence-electron chi connectivity index (χ0n) is 10.5. The van der Waals surface area contributed by atoms with E-state index in [4.69, 9.17) is 4.74 Å². The van der Waals surface area contributed by atoms with Gasteiger partial charge < -0.3 is 10.1 Å². The maximum Gasteiger partial charge on any atom is 0.324 e. The lowest BCUT2D eigenvalue weighted by molar-refractivity contribution is -0.155. The zero-order chi connectivity index (χ0) is 11.7. The van der Waals surface area contributed by atoms with Gasteiger partial charge in [0.15, 0.2) is 0 Å². The second-order valence-corrected chi connectivity index (χ2v) is 5.76. The van der Waals surface area contributed by atoms with Crippen molar-refractivity contribution in [1.82, 2.24) is 5.32 Å². The Morgan fingerprint density at radius 2 is 2.06 bits per heavy atom. The van der Waals surface area contributed by atoms with Gasteiger partial charge in [0.25, 0.3) is 0 Å². The van der Waals surface area contributed by atoms with Crippen LogP contribution in [0.3, 0.4) is 0 Å². The van der Waals surface area contributed by atoms with E-state index in [0.29, 0.717) is 17.8 Å². The van der Waals surface area contributed by atoms with Crippen LogP contribution in [0.4, 0.5) is 0 Å². The molecule has 1 saturated heterocycles. The number of hydrogen-bond donors (Lipinski definition) is 1. The second kappa shape index (κ2) is 4.74. The summed E-state index contributed by atoms with van der Waals surface area (Å²) < 4.78 is 5.66. The summed E-state index contributed by atoms with van der Waals surface area (Å²) in [4.78, 5) is 11.7. The monoisotopic (exact) mass is 225 g/mol. The molecule has 3 nitrogen and oxygen atoms in total. The fraction of sp³-hybridized carbons (Fsp3) is 0.923. The van der Waals surface area contributed by atoms with Crippen LogP contribution < -0.4 is 5.32 Å². The Hall–Kier alpha value is -0.570. The molecule has 0 spiro atoms. The van der Waals surface area contributed by atoms with Crippen molar-refractivity contribution in [3.05, 3.63) is 0 Å². The fourth-order valence-corrected chi connectivity index (χ4v) is 2.71. The molecule has 2 aliphatic rings. The third-order valence-electron chi connectivity index (χ3n) is 3.92. The van der Waals surface area contributed by atoms with Crippen molar-refractivity contribution in [3.63, 3.8) is 0 Å². The summed E-state index contributed by atoms with van der Waals surface area (Å²) in [5, 5.41) is 3.00. The van der Waals surface area contributed by atoms with Crippen LogP contribution in [0.15, 0.2) is 0 Å². The first-order valence-corrected chi connectivity index (χ1v) is 6.51. The Balaban J connectivity index is 1.93. The second-order valence-electron chi connectivity index (χ2n) is 5.76. The van der Waals surface area contributed by atoms with E-state index < -0.39 is 0 Å². The first-order chi connectivity index (χ1) is 7.58. The molecule has 2 rings (SSSR count). The molecule has 0 radical (unpaired) electrons. The lowest BCUT2D eigenvalue weighted by Gasteiger charge is -2.36. The zero-order valence-corrected chi connectivity index (χ0v) is 10.5. The molecule has 16 heavy (non-hydrogen) atoms. The molecule has 0 bridgehead atoms. The Morgan fingerprint density at radius 3 is 2.62 bits per heavy atom. The number of nitrogens with one attached hydrogen (secondary N) is 1. The largest absolute Gasteiger partial charge is 0.461 e. The van der Waals surface area contributed by atoms with Gasteiger partial charge in [0.1, 0.15) is 12.1 Å². The van der Waals surface area contributed by atoms with Crippen molar-refractivity contribution in [1.29, 1.82) is 0 Å². The van der Waals surface area contributed by atoms with Crippen LogP contribution >= 0.6 is 0 Å². The highest BCUT2D eigenvalue weighted by atomic mass is 16.5. The number of ether oxygens (including phenoxy) is 1. The van der Waals surface area contributed by atoms with Gasteiger partial charge in [-0.25, -0.2) is 0 Å². The van der Waals surface area contributed by atoms with Gasteiger partial charge in [0.2, 0.25) is 0 Å². The van der Waals surface area contributed by atoms with E-state index in [0.717, 1.165) is 13.0 Å². The molecule has 92 valence electrons. The maximum absolute atomic E-state index is 11.7. The standard InChI is InChI=1S/C13H23NO2/c1-8(2)10-5-4-9(3)6-12(10)16-13(15)11-7-14-11/h8-12,14H,4-7H2,1-3H3. The quantitative estimate of drug-likeness (QED) is 0.590. The smallest absolute Gasteiger partial charge is 0.324 e. The predicted molar refractivity (Wildman–Crippen MR) is 63.0 cm³/mol. The van der Waals surface area contributed by atoms with Gasteiger partial charge in [-0.15, -0.1) is 0 Å². The van der Waals surface area contributed by atoms with Crippen molar-refractivity contribution in [3.8, 4) is 0 Å². The fourth-order valence-electron chi connectivity index (χ4n) is 2.71. The highest BCUT2D eigenvalue weighted by Gasteiger charge is 2.37. The van der Waals surface area contributed by atoms with Crippen molar-refractivity contribution in [2.45, 2.75) is 52.2 Å². The van der Waals surface area contributed by atoms with Crippen molar-refractivity contribution < 1.29 is 9.53 Å². The summed E-state index contributed by atoms with van der Waals surface area (Å²) in [5.41, 5.74) is 0. The van der Waals surface area contributed by atoms with Crippen LogP contribution in [0.5, 0.6) is 0 Å². The molecule has 2 fully saturated rings. The summed E-state index contributed by atoms with van der Waals surface area (Å²) >= 11 is 0. The van der Waals surface area contributed by atoms with Crippen molar-refractivity contribution >= 4 is 5.97 Å². The van der Waals surface area contributed by atoms with E-state index in [1.165, 1.54) is 12.8 Å².